The molecule has 0 aliphatic heterocycles. The topological polar surface area (TPSA) is 38.3 Å². The van der Waals surface area contributed by atoms with Gasteiger partial charge in [-0.25, -0.2) is 0 Å². The molecule has 1 N–H and O–H groups in total. The van der Waals surface area contributed by atoms with Gasteiger partial charge in [0.2, 0.25) is 5.91 Å². The highest BCUT2D eigenvalue weighted by Gasteiger charge is 2.24. The Balaban J connectivity index is 1.80. The molecule has 2 unspecified atom stereocenters. The monoisotopic (exact) mass is 325 g/mol. The molecule has 2 rings (SSSR count). The number of benzene rings is 1. The molecule has 1 aliphatic carbocycles. The summed E-state index contributed by atoms with van der Waals surface area (Å²) in [7, 11) is 1.63. The first-order valence-corrected chi connectivity index (χ1v) is 7.64. The lowest BCUT2D eigenvalue weighted by molar-refractivity contribution is -0.120. The van der Waals surface area contributed by atoms with Crippen molar-refractivity contribution in [1.82, 2.24) is 5.32 Å². The van der Waals surface area contributed by atoms with E-state index in [1.54, 1.807) is 7.11 Å². The Morgan fingerprint density at radius 3 is 3.00 bits per heavy atom. The van der Waals surface area contributed by atoms with Crippen LogP contribution in [0.3, 0.4) is 0 Å². The number of halogens is 1. The van der Waals surface area contributed by atoms with Gasteiger partial charge in [-0.05, 0) is 36.5 Å². The van der Waals surface area contributed by atoms with Gasteiger partial charge in [0, 0.05) is 11.4 Å². The Hall–Kier alpha value is -1.03. The van der Waals surface area contributed by atoms with Crippen LogP contribution in [-0.2, 0) is 11.2 Å². The first kappa shape index (κ1) is 14.4. The first-order valence-electron chi connectivity index (χ1n) is 6.72. The fraction of sp³-hybridized carbons (Fsp3) is 0.533. The summed E-state index contributed by atoms with van der Waals surface area (Å²) in [5.74, 6) is 1.45. The van der Waals surface area contributed by atoms with E-state index >= 15 is 0 Å². The molecule has 0 aromatic heterocycles. The number of ether oxygens (including phenoxy) is 1. The molecule has 0 spiro atoms. The predicted octanol–water partition coefficient (Wildman–Crippen LogP) is 2.92. The molecule has 0 bridgehead atoms. The van der Waals surface area contributed by atoms with Crippen LogP contribution in [0, 0.1) is 5.92 Å². The smallest absolute Gasteiger partial charge is 0.224 e. The molecule has 4 heteroatoms. The van der Waals surface area contributed by atoms with E-state index in [1.165, 1.54) is 19.3 Å². The molecule has 0 radical (unpaired) electrons. The standard InChI is InChI=1S/C15H20BrNO2/c1-19-13-6-2-4-11(8-13)9-15(18)17-10-12-5-3-7-14(12)16/h2,4,6,8,12,14H,3,5,7,9-10H2,1H3,(H,17,18). The van der Waals surface area contributed by atoms with Gasteiger partial charge in [0.05, 0.1) is 13.5 Å². The summed E-state index contributed by atoms with van der Waals surface area (Å²) in [5, 5.41) is 3.03. The van der Waals surface area contributed by atoms with Crippen molar-refractivity contribution in [2.45, 2.75) is 30.5 Å². The van der Waals surface area contributed by atoms with Crippen LogP contribution >= 0.6 is 15.9 Å². The maximum atomic E-state index is 11.9. The molecule has 1 aromatic rings. The Morgan fingerprint density at radius 2 is 2.32 bits per heavy atom. The van der Waals surface area contributed by atoms with Gasteiger partial charge in [0.1, 0.15) is 5.75 Å². The number of amides is 1. The van der Waals surface area contributed by atoms with Gasteiger partial charge in [0.15, 0.2) is 0 Å². The van der Waals surface area contributed by atoms with Crippen LogP contribution in [0.4, 0.5) is 0 Å². The van der Waals surface area contributed by atoms with Gasteiger partial charge in [-0.1, -0.05) is 34.5 Å². The molecule has 3 nitrogen and oxygen atoms in total. The Kier molecular flexibility index (Phi) is 5.25. The second-order valence-electron chi connectivity index (χ2n) is 5.04. The third kappa shape index (κ3) is 4.23. The summed E-state index contributed by atoms with van der Waals surface area (Å²) in [5.41, 5.74) is 0.985. The maximum absolute atomic E-state index is 11.9. The van der Waals surface area contributed by atoms with Gasteiger partial charge in [-0.2, -0.15) is 0 Å². The lowest BCUT2D eigenvalue weighted by Crippen LogP contribution is -2.32. The van der Waals surface area contributed by atoms with Crippen LogP contribution in [0.25, 0.3) is 0 Å². The third-order valence-electron chi connectivity index (χ3n) is 3.63. The van der Waals surface area contributed by atoms with Crippen molar-refractivity contribution in [2.24, 2.45) is 5.92 Å². The highest BCUT2D eigenvalue weighted by Crippen LogP contribution is 2.30. The minimum absolute atomic E-state index is 0.0832. The maximum Gasteiger partial charge on any atom is 0.224 e. The van der Waals surface area contributed by atoms with Crippen LogP contribution in [-0.4, -0.2) is 24.4 Å². The van der Waals surface area contributed by atoms with Gasteiger partial charge in [-0.3, -0.25) is 4.79 Å². The lowest BCUT2D eigenvalue weighted by Gasteiger charge is -2.14. The number of carbonyl (C=O) groups is 1. The van der Waals surface area contributed by atoms with Crippen LogP contribution in [0.5, 0.6) is 5.75 Å². The average Bonchev–Trinajstić information content (AvgIpc) is 2.82. The van der Waals surface area contributed by atoms with Crippen LogP contribution in [0.2, 0.25) is 0 Å². The molecule has 2 atom stereocenters. The number of rotatable bonds is 5. The van der Waals surface area contributed by atoms with Crippen molar-refractivity contribution >= 4 is 21.8 Å². The first-order chi connectivity index (χ1) is 9.19. The van der Waals surface area contributed by atoms with Crippen molar-refractivity contribution in [3.8, 4) is 5.75 Å². The highest BCUT2D eigenvalue weighted by molar-refractivity contribution is 9.09. The van der Waals surface area contributed by atoms with Gasteiger partial charge < -0.3 is 10.1 Å². The number of carbonyl (C=O) groups excluding carboxylic acids is 1. The lowest BCUT2D eigenvalue weighted by atomic mass is 10.1. The SMILES string of the molecule is COc1cccc(CC(=O)NCC2CCCC2Br)c1. The average molecular weight is 326 g/mol. The second-order valence-corrected chi connectivity index (χ2v) is 6.22. The minimum Gasteiger partial charge on any atom is -0.497 e. The molecule has 0 heterocycles. The normalized spacial score (nSPS) is 22.2. The number of methoxy groups -OCH3 is 1. The van der Waals surface area contributed by atoms with E-state index in [0.717, 1.165) is 17.9 Å². The Morgan fingerprint density at radius 1 is 1.47 bits per heavy atom. The van der Waals surface area contributed by atoms with E-state index in [4.69, 9.17) is 4.74 Å². The molecular weight excluding hydrogens is 306 g/mol. The zero-order valence-electron chi connectivity index (χ0n) is 11.2. The number of nitrogens with one attached hydrogen (secondary N) is 1. The van der Waals surface area contributed by atoms with Crippen molar-refractivity contribution in [1.29, 1.82) is 0 Å². The summed E-state index contributed by atoms with van der Waals surface area (Å²) in [6.45, 7) is 0.777. The fourth-order valence-corrected chi connectivity index (χ4v) is 3.27. The Bertz CT molecular complexity index is 436. The van der Waals surface area contributed by atoms with E-state index in [-0.39, 0.29) is 5.91 Å². The van der Waals surface area contributed by atoms with Crippen molar-refractivity contribution in [3.63, 3.8) is 0 Å². The van der Waals surface area contributed by atoms with Crippen LogP contribution in [0.15, 0.2) is 24.3 Å². The summed E-state index contributed by atoms with van der Waals surface area (Å²) in [4.78, 5) is 12.5. The number of hydrogen-bond donors (Lipinski definition) is 1. The second kappa shape index (κ2) is 6.94. The summed E-state index contributed by atoms with van der Waals surface area (Å²) >= 11 is 3.67. The zero-order chi connectivity index (χ0) is 13.7. The quantitative estimate of drug-likeness (QED) is 0.845. The molecule has 1 saturated carbocycles. The van der Waals surface area contributed by atoms with E-state index < -0.39 is 0 Å². The van der Waals surface area contributed by atoms with Gasteiger partial charge in [0.25, 0.3) is 0 Å². The summed E-state index contributed by atoms with van der Waals surface area (Å²) < 4.78 is 5.15. The zero-order valence-corrected chi connectivity index (χ0v) is 12.8. The molecule has 104 valence electrons. The predicted molar refractivity (Wildman–Crippen MR) is 79.8 cm³/mol. The van der Waals surface area contributed by atoms with Crippen molar-refractivity contribution in [3.05, 3.63) is 29.8 Å². The molecular formula is C15H20BrNO2. The number of alkyl halides is 1. The molecule has 1 aromatic carbocycles. The number of hydrogen-bond acceptors (Lipinski definition) is 2. The largest absolute Gasteiger partial charge is 0.497 e. The Labute approximate surface area is 122 Å². The highest BCUT2D eigenvalue weighted by atomic mass is 79.9. The molecule has 1 aliphatic rings. The van der Waals surface area contributed by atoms with E-state index in [9.17, 15) is 4.79 Å². The van der Waals surface area contributed by atoms with E-state index in [1.807, 2.05) is 24.3 Å². The summed E-state index contributed by atoms with van der Waals surface area (Å²) in [6, 6.07) is 7.65. The molecule has 19 heavy (non-hydrogen) atoms. The molecule has 1 amide bonds. The van der Waals surface area contributed by atoms with E-state index in [2.05, 4.69) is 21.2 Å². The van der Waals surface area contributed by atoms with Crippen molar-refractivity contribution in [2.75, 3.05) is 13.7 Å². The van der Waals surface area contributed by atoms with E-state index in [0.29, 0.717) is 17.2 Å². The van der Waals surface area contributed by atoms with Crippen LogP contribution in [0.1, 0.15) is 24.8 Å². The van der Waals surface area contributed by atoms with Gasteiger partial charge in [-0.15, -0.1) is 0 Å². The molecule has 1 fully saturated rings. The van der Waals surface area contributed by atoms with Crippen molar-refractivity contribution < 1.29 is 9.53 Å². The summed E-state index contributed by atoms with van der Waals surface area (Å²) in [6.07, 6.45) is 4.09. The van der Waals surface area contributed by atoms with Crippen LogP contribution < -0.4 is 10.1 Å². The molecule has 0 saturated heterocycles. The van der Waals surface area contributed by atoms with Gasteiger partial charge >= 0.3 is 0 Å². The third-order valence-corrected chi connectivity index (χ3v) is 4.83. The fourth-order valence-electron chi connectivity index (χ4n) is 2.50. The minimum atomic E-state index is 0.0832.